The van der Waals surface area contributed by atoms with Gasteiger partial charge in [0.05, 0.1) is 18.7 Å². The summed E-state index contributed by atoms with van der Waals surface area (Å²) in [6.07, 6.45) is 0.628. The molecule has 1 aliphatic rings. The van der Waals surface area contributed by atoms with Crippen molar-refractivity contribution in [3.05, 3.63) is 71.8 Å². The molecule has 0 radical (unpaired) electrons. The highest BCUT2D eigenvalue weighted by Crippen LogP contribution is 2.28. The van der Waals surface area contributed by atoms with E-state index in [2.05, 4.69) is 10.6 Å². The molecular weight excluding hydrogens is 304 g/mol. The second-order valence-corrected chi connectivity index (χ2v) is 5.86. The van der Waals surface area contributed by atoms with Crippen LogP contribution in [-0.2, 0) is 4.74 Å². The lowest BCUT2D eigenvalue weighted by Crippen LogP contribution is -2.45. The first kappa shape index (κ1) is 16.5. The lowest BCUT2D eigenvalue weighted by molar-refractivity contribution is 0.0996. The van der Waals surface area contributed by atoms with Crippen molar-refractivity contribution in [1.29, 1.82) is 0 Å². The fourth-order valence-electron chi connectivity index (χ4n) is 3.00. The third kappa shape index (κ3) is 3.93. The Morgan fingerprint density at radius 1 is 1.12 bits per heavy atom. The Balaban J connectivity index is 1.61. The van der Waals surface area contributed by atoms with Gasteiger partial charge in [-0.2, -0.15) is 0 Å². The summed E-state index contributed by atoms with van der Waals surface area (Å²) in [4.78, 5) is 12.3. The van der Waals surface area contributed by atoms with Crippen LogP contribution < -0.4 is 10.6 Å². The standard InChI is InChI=1S/C19H22N2O3/c22-13-17(14-7-3-1-4-8-14)21-19(23)20-16-11-12-24-18(16)15-9-5-2-6-10-15/h1-10,16-18,22H,11-13H2,(H2,20,21,23)/t16-,17-,18+/m1/s1. The average molecular weight is 326 g/mol. The first-order chi connectivity index (χ1) is 11.8. The van der Waals surface area contributed by atoms with Crippen LogP contribution in [0.25, 0.3) is 0 Å². The van der Waals surface area contributed by atoms with Crippen LogP contribution >= 0.6 is 0 Å². The van der Waals surface area contributed by atoms with Gasteiger partial charge in [-0.3, -0.25) is 0 Å². The van der Waals surface area contributed by atoms with Crippen molar-refractivity contribution in [1.82, 2.24) is 10.6 Å². The van der Waals surface area contributed by atoms with Gasteiger partial charge in [0.15, 0.2) is 0 Å². The molecule has 5 heteroatoms. The van der Waals surface area contributed by atoms with Crippen LogP contribution in [0.2, 0.25) is 0 Å². The largest absolute Gasteiger partial charge is 0.394 e. The van der Waals surface area contributed by atoms with Crippen molar-refractivity contribution >= 4 is 6.03 Å². The number of carbonyl (C=O) groups is 1. The predicted octanol–water partition coefficient (Wildman–Crippen LogP) is 2.55. The summed E-state index contributed by atoms with van der Waals surface area (Å²) in [7, 11) is 0. The molecule has 1 aliphatic heterocycles. The fraction of sp³-hybridized carbons (Fsp3) is 0.316. The van der Waals surface area contributed by atoms with Gasteiger partial charge in [0.25, 0.3) is 0 Å². The van der Waals surface area contributed by atoms with Gasteiger partial charge in [-0.05, 0) is 17.5 Å². The monoisotopic (exact) mass is 326 g/mol. The smallest absolute Gasteiger partial charge is 0.315 e. The molecule has 126 valence electrons. The number of nitrogens with one attached hydrogen (secondary N) is 2. The Morgan fingerprint density at radius 3 is 2.46 bits per heavy atom. The van der Waals surface area contributed by atoms with Gasteiger partial charge in [-0.1, -0.05) is 60.7 Å². The van der Waals surface area contributed by atoms with E-state index in [-0.39, 0.29) is 24.8 Å². The molecule has 5 nitrogen and oxygen atoms in total. The maximum atomic E-state index is 12.3. The Bertz CT molecular complexity index is 648. The number of aliphatic hydroxyl groups excluding tert-OH is 1. The second-order valence-electron chi connectivity index (χ2n) is 5.86. The predicted molar refractivity (Wildman–Crippen MR) is 91.5 cm³/mol. The molecule has 0 aromatic heterocycles. The van der Waals surface area contributed by atoms with Gasteiger partial charge >= 0.3 is 6.03 Å². The topological polar surface area (TPSA) is 70.6 Å². The lowest BCUT2D eigenvalue weighted by Gasteiger charge is -2.23. The molecule has 0 bridgehead atoms. The maximum Gasteiger partial charge on any atom is 0.315 e. The number of benzene rings is 2. The molecule has 24 heavy (non-hydrogen) atoms. The van der Waals surface area contributed by atoms with E-state index in [1.165, 1.54) is 0 Å². The number of ether oxygens (including phenoxy) is 1. The average Bonchev–Trinajstić information content (AvgIpc) is 3.09. The third-order valence-electron chi connectivity index (χ3n) is 4.23. The highest BCUT2D eigenvalue weighted by atomic mass is 16.5. The zero-order valence-electron chi connectivity index (χ0n) is 13.4. The molecule has 1 saturated heterocycles. The summed E-state index contributed by atoms with van der Waals surface area (Å²) >= 11 is 0. The van der Waals surface area contributed by atoms with E-state index in [0.29, 0.717) is 6.61 Å². The minimum atomic E-state index is -0.427. The number of aliphatic hydroxyl groups is 1. The van der Waals surface area contributed by atoms with Crippen LogP contribution in [0.3, 0.4) is 0 Å². The summed E-state index contributed by atoms with van der Waals surface area (Å²) in [6.45, 7) is 0.466. The first-order valence-corrected chi connectivity index (χ1v) is 8.17. The zero-order valence-corrected chi connectivity index (χ0v) is 13.4. The number of urea groups is 1. The third-order valence-corrected chi connectivity index (χ3v) is 4.23. The molecule has 2 amide bonds. The quantitative estimate of drug-likeness (QED) is 0.791. The summed E-state index contributed by atoms with van der Waals surface area (Å²) in [5, 5.41) is 15.4. The molecule has 0 aliphatic carbocycles. The Kier molecular flexibility index (Phi) is 5.46. The molecule has 0 unspecified atom stereocenters. The fourth-order valence-corrected chi connectivity index (χ4v) is 3.00. The van der Waals surface area contributed by atoms with E-state index in [1.54, 1.807) is 0 Å². The lowest BCUT2D eigenvalue weighted by atomic mass is 10.0. The number of rotatable bonds is 5. The summed E-state index contributed by atoms with van der Waals surface area (Å²) in [5.74, 6) is 0. The van der Waals surface area contributed by atoms with Crippen LogP contribution in [0.1, 0.15) is 29.7 Å². The number of hydrogen-bond acceptors (Lipinski definition) is 3. The Labute approximate surface area is 141 Å². The number of amides is 2. The van der Waals surface area contributed by atoms with Crippen LogP contribution in [0.4, 0.5) is 4.79 Å². The molecular formula is C19H22N2O3. The van der Waals surface area contributed by atoms with Gasteiger partial charge in [0.2, 0.25) is 0 Å². The van der Waals surface area contributed by atoms with Crippen molar-refractivity contribution in [2.75, 3.05) is 13.2 Å². The van der Waals surface area contributed by atoms with E-state index in [0.717, 1.165) is 17.5 Å². The molecule has 3 atom stereocenters. The van der Waals surface area contributed by atoms with Crippen molar-refractivity contribution in [2.45, 2.75) is 24.6 Å². The van der Waals surface area contributed by atoms with E-state index in [4.69, 9.17) is 4.74 Å². The molecule has 3 rings (SSSR count). The van der Waals surface area contributed by atoms with Crippen LogP contribution in [-0.4, -0.2) is 30.4 Å². The normalized spacial score (nSPS) is 21.2. The van der Waals surface area contributed by atoms with Crippen LogP contribution in [0.15, 0.2) is 60.7 Å². The van der Waals surface area contributed by atoms with Gasteiger partial charge < -0.3 is 20.5 Å². The van der Waals surface area contributed by atoms with Crippen LogP contribution in [0, 0.1) is 0 Å². The van der Waals surface area contributed by atoms with E-state index >= 15 is 0 Å². The minimum absolute atomic E-state index is 0.0810. The first-order valence-electron chi connectivity index (χ1n) is 8.17. The van der Waals surface area contributed by atoms with Gasteiger partial charge in [0.1, 0.15) is 6.10 Å². The Hall–Kier alpha value is -2.37. The van der Waals surface area contributed by atoms with Crippen molar-refractivity contribution in [3.63, 3.8) is 0 Å². The molecule has 0 saturated carbocycles. The van der Waals surface area contributed by atoms with Crippen molar-refractivity contribution in [3.8, 4) is 0 Å². The van der Waals surface area contributed by atoms with E-state index < -0.39 is 6.04 Å². The van der Waals surface area contributed by atoms with Crippen molar-refractivity contribution < 1.29 is 14.6 Å². The second kappa shape index (κ2) is 7.95. The van der Waals surface area contributed by atoms with Gasteiger partial charge in [0, 0.05) is 6.61 Å². The summed E-state index contributed by atoms with van der Waals surface area (Å²) < 4.78 is 5.78. The molecule has 1 heterocycles. The minimum Gasteiger partial charge on any atom is -0.394 e. The van der Waals surface area contributed by atoms with Gasteiger partial charge in [-0.25, -0.2) is 4.79 Å². The summed E-state index contributed by atoms with van der Waals surface area (Å²) in [6, 6.07) is 18.5. The van der Waals surface area contributed by atoms with E-state index in [1.807, 2.05) is 60.7 Å². The number of hydrogen-bond donors (Lipinski definition) is 3. The summed E-state index contributed by atoms with van der Waals surface area (Å²) in [5.41, 5.74) is 1.93. The molecule has 2 aromatic carbocycles. The highest BCUT2D eigenvalue weighted by molar-refractivity contribution is 5.75. The van der Waals surface area contributed by atoms with Crippen LogP contribution in [0.5, 0.6) is 0 Å². The zero-order chi connectivity index (χ0) is 16.8. The van der Waals surface area contributed by atoms with Crippen molar-refractivity contribution in [2.24, 2.45) is 0 Å². The Morgan fingerprint density at radius 2 is 1.79 bits per heavy atom. The molecule has 2 aromatic rings. The van der Waals surface area contributed by atoms with E-state index in [9.17, 15) is 9.90 Å². The maximum absolute atomic E-state index is 12.3. The highest BCUT2D eigenvalue weighted by Gasteiger charge is 2.31. The molecule has 3 N–H and O–H groups in total. The van der Waals surface area contributed by atoms with Gasteiger partial charge in [-0.15, -0.1) is 0 Å². The number of carbonyl (C=O) groups excluding carboxylic acids is 1. The molecule has 0 spiro atoms. The SMILES string of the molecule is O=C(N[C@H](CO)c1ccccc1)N[C@@H]1CCO[C@H]1c1ccccc1. The molecule has 1 fully saturated rings.